The van der Waals surface area contributed by atoms with Crippen LogP contribution in [0.3, 0.4) is 0 Å². The van der Waals surface area contributed by atoms with Crippen LogP contribution in [-0.4, -0.2) is 0 Å². The molecule has 0 radical (unpaired) electrons. The molecule has 0 atom stereocenters. The summed E-state index contributed by atoms with van der Waals surface area (Å²) >= 11 is 0. The van der Waals surface area contributed by atoms with Gasteiger partial charge in [0.2, 0.25) is 0 Å². The van der Waals surface area contributed by atoms with Gasteiger partial charge in [0.1, 0.15) is 11.6 Å². The van der Waals surface area contributed by atoms with Crippen molar-refractivity contribution in [3.63, 3.8) is 0 Å². The first-order valence-corrected chi connectivity index (χ1v) is 5.60. The van der Waals surface area contributed by atoms with Gasteiger partial charge in [0.15, 0.2) is 0 Å². The third kappa shape index (κ3) is 2.41. The molecule has 0 spiro atoms. The van der Waals surface area contributed by atoms with Crippen LogP contribution in [0, 0.1) is 30.4 Å². The van der Waals surface area contributed by atoms with E-state index in [-0.39, 0.29) is 11.6 Å². The van der Waals surface area contributed by atoms with Crippen molar-refractivity contribution in [1.82, 2.24) is 0 Å². The average molecular weight is 242 g/mol. The predicted molar refractivity (Wildman–Crippen MR) is 69.1 cm³/mol. The summed E-state index contributed by atoms with van der Waals surface area (Å²) < 4.78 is 27.2. The first kappa shape index (κ1) is 12.3. The van der Waals surface area contributed by atoms with Gasteiger partial charge in [-0.05, 0) is 48.7 Å². The van der Waals surface area contributed by atoms with Crippen molar-refractivity contribution in [2.24, 2.45) is 0 Å². The van der Waals surface area contributed by atoms with Crippen LogP contribution in [0.1, 0.15) is 18.1 Å². The molecule has 2 heteroatoms. The van der Waals surface area contributed by atoms with Crippen molar-refractivity contribution in [2.75, 3.05) is 0 Å². The lowest BCUT2D eigenvalue weighted by molar-refractivity contribution is 0.618. The van der Waals surface area contributed by atoms with Crippen molar-refractivity contribution in [1.29, 1.82) is 0 Å². The van der Waals surface area contributed by atoms with Crippen LogP contribution in [0.15, 0.2) is 36.4 Å². The number of halogens is 2. The molecule has 2 rings (SSSR count). The molecule has 2 aromatic carbocycles. The number of hydrogen-bond acceptors (Lipinski definition) is 0. The van der Waals surface area contributed by atoms with E-state index < -0.39 is 0 Å². The summed E-state index contributed by atoms with van der Waals surface area (Å²) in [6, 6.07) is 9.60. The van der Waals surface area contributed by atoms with Crippen LogP contribution in [0.5, 0.6) is 0 Å². The molecule has 0 unspecified atom stereocenters. The van der Waals surface area contributed by atoms with Gasteiger partial charge in [-0.1, -0.05) is 24.1 Å². The zero-order valence-electron chi connectivity index (χ0n) is 10.2. The van der Waals surface area contributed by atoms with Crippen LogP contribution in [-0.2, 0) is 0 Å². The fourth-order valence-corrected chi connectivity index (χ4v) is 1.70. The summed E-state index contributed by atoms with van der Waals surface area (Å²) in [5, 5.41) is 0. The van der Waals surface area contributed by atoms with E-state index in [0.29, 0.717) is 22.3 Å². The summed E-state index contributed by atoms with van der Waals surface area (Å²) in [5.74, 6) is 4.65. The maximum Gasteiger partial charge on any atom is 0.139 e. The highest BCUT2D eigenvalue weighted by Gasteiger charge is 2.05. The second-order valence-electron chi connectivity index (χ2n) is 4.03. The molecular formula is C16H12F2. The highest BCUT2D eigenvalue weighted by atomic mass is 19.1. The number of rotatable bonds is 1. The van der Waals surface area contributed by atoms with Gasteiger partial charge in [0.05, 0.1) is 5.56 Å². The molecule has 0 bridgehead atoms. The Morgan fingerprint density at radius 1 is 0.889 bits per heavy atom. The Morgan fingerprint density at radius 3 is 2.06 bits per heavy atom. The Balaban J connectivity index is 2.47. The molecule has 18 heavy (non-hydrogen) atoms. The highest BCUT2D eigenvalue weighted by molar-refractivity contribution is 5.65. The zero-order valence-corrected chi connectivity index (χ0v) is 10.2. The molecule has 0 N–H and O–H groups in total. The minimum atomic E-state index is -0.386. The molecule has 0 saturated heterocycles. The average Bonchev–Trinajstić information content (AvgIpc) is 2.35. The second-order valence-corrected chi connectivity index (χ2v) is 4.03. The zero-order chi connectivity index (χ0) is 13.1. The molecule has 90 valence electrons. The van der Waals surface area contributed by atoms with Gasteiger partial charge in [-0.2, -0.15) is 0 Å². The Morgan fingerprint density at radius 2 is 1.50 bits per heavy atom. The molecule has 0 saturated carbocycles. The molecule has 0 fully saturated rings. The van der Waals surface area contributed by atoms with Crippen LogP contribution in [0.25, 0.3) is 11.1 Å². The molecule has 0 aliphatic heterocycles. The topological polar surface area (TPSA) is 0 Å². The van der Waals surface area contributed by atoms with Crippen molar-refractivity contribution < 1.29 is 8.78 Å². The van der Waals surface area contributed by atoms with Gasteiger partial charge < -0.3 is 0 Å². The quantitative estimate of drug-likeness (QED) is 0.653. The van der Waals surface area contributed by atoms with Crippen LogP contribution >= 0.6 is 0 Å². The minimum absolute atomic E-state index is 0.287. The normalized spacial score (nSPS) is 9.78. The van der Waals surface area contributed by atoms with E-state index >= 15 is 0 Å². The Bertz CT molecular complexity index is 646. The smallest absolute Gasteiger partial charge is 0.139 e. The van der Waals surface area contributed by atoms with E-state index in [0.717, 1.165) is 0 Å². The molecule has 0 nitrogen and oxygen atoms in total. The fraction of sp³-hybridized carbons (Fsp3) is 0.125. The van der Waals surface area contributed by atoms with E-state index in [9.17, 15) is 8.78 Å². The summed E-state index contributed by atoms with van der Waals surface area (Å²) in [6.07, 6.45) is 0. The van der Waals surface area contributed by atoms with Crippen molar-refractivity contribution in [2.45, 2.75) is 13.8 Å². The third-order valence-electron chi connectivity index (χ3n) is 2.73. The van der Waals surface area contributed by atoms with Crippen molar-refractivity contribution in [3.8, 4) is 23.0 Å². The van der Waals surface area contributed by atoms with E-state index in [2.05, 4.69) is 11.8 Å². The maximum absolute atomic E-state index is 13.7. The van der Waals surface area contributed by atoms with Crippen LogP contribution < -0.4 is 0 Å². The first-order chi connectivity index (χ1) is 8.61. The largest absolute Gasteiger partial charge is 0.207 e. The first-order valence-electron chi connectivity index (χ1n) is 5.60. The van der Waals surface area contributed by atoms with Gasteiger partial charge in [-0.15, -0.1) is 5.92 Å². The Labute approximate surface area is 105 Å². The van der Waals surface area contributed by atoms with Gasteiger partial charge in [0, 0.05) is 0 Å². The monoisotopic (exact) mass is 242 g/mol. The van der Waals surface area contributed by atoms with Crippen LogP contribution in [0.2, 0.25) is 0 Å². The molecule has 0 aliphatic carbocycles. The summed E-state index contributed by atoms with van der Waals surface area (Å²) in [5.41, 5.74) is 2.24. The number of aryl methyl sites for hydroxylation is 1. The Kier molecular flexibility index (Phi) is 3.43. The summed E-state index contributed by atoms with van der Waals surface area (Å²) in [6.45, 7) is 3.35. The third-order valence-corrected chi connectivity index (χ3v) is 2.73. The van der Waals surface area contributed by atoms with Crippen molar-refractivity contribution >= 4 is 0 Å². The molecule has 0 amide bonds. The summed E-state index contributed by atoms with van der Waals surface area (Å²) in [4.78, 5) is 0. The molecule has 0 aromatic heterocycles. The van der Waals surface area contributed by atoms with Gasteiger partial charge >= 0.3 is 0 Å². The van der Waals surface area contributed by atoms with Gasteiger partial charge in [0.25, 0.3) is 0 Å². The van der Waals surface area contributed by atoms with Crippen LogP contribution in [0.4, 0.5) is 8.78 Å². The summed E-state index contributed by atoms with van der Waals surface area (Å²) in [7, 11) is 0. The minimum Gasteiger partial charge on any atom is -0.207 e. The van der Waals surface area contributed by atoms with Gasteiger partial charge in [-0.25, -0.2) is 8.78 Å². The SMILES string of the molecule is CC#Cc1ccc(-c2ccc(C)c(F)c2)cc1F. The second kappa shape index (κ2) is 5.01. The molecule has 2 aromatic rings. The standard InChI is InChI=1S/C16H12F2/c1-3-4-12-7-8-14(10-16(12)18)13-6-5-11(2)15(17)9-13/h5-10H,1-2H3. The van der Waals surface area contributed by atoms with E-state index in [1.54, 1.807) is 38.1 Å². The fourth-order valence-electron chi connectivity index (χ4n) is 1.70. The number of benzene rings is 2. The lowest BCUT2D eigenvalue weighted by Gasteiger charge is -2.05. The lowest BCUT2D eigenvalue weighted by Crippen LogP contribution is -1.88. The number of hydrogen-bond donors (Lipinski definition) is 0. The molecule has 0 aliphatic rings. The van der Waals surface area contributed by atoms with Crippen molar-refractivity contribution in [3.05, 3.63) is 59.2 Å². The maximum atomic E-state index is 13.7. The Hall–Kier alpha value is -2.14. The van der Waals surface area contributed by atoms with E-state index in [1.165, 1.54) is 12.1 Å². The van der Waals surface area contributed by atoms with E-state index in [1.807, 2.05) is 0 Å². The predicted octanol–water partition coefficient (Wildman–Crippen LogP) is 4.31. The molecular weight excluding hydrogens is 230 g/mol. The van der Waals surface area contributed by atoms with E-state index in [4.69, 9.17) is 0 Å². The molecule has 0 heterocycles. The van der Waals surface area contributed by atoms with Gasteiger partial charge in [-0.3, -0.25) is 0 Å². The highest BCUT2D eigenvalue weighted by Crippen LogP contribution is 2.23. The lowest BCUT2D eigenvalue weighted by atomic mass is 10.0.